The summed E-state index contributed by atoms with van der Waals surface area (Å²) in [5.74, 6) is 0. The van der Waals surface area contributed by atoms with Gasteiger partial charge in [-0.2, -0.15) is 5.10 Å². The van der Waals surface area contributed by atoms with Crippen molar-refractivity contribution in [3.63, 3.8) is 0 Å². The second-order valence-corrected chi connectivity index (χ2v) is 5.05. The molecule has 0 aliphatic carbocycles. The number of hydrogen-bond acceptors (Lipinski definition) is 3. The van der Waals surface area contributed by atoms with Crippen molar-refractivity contribution in [2.24, 2.45) is 12.8 Å². The third-order valence-corrected chi connectivity index (χ3v) is 3.67. The highest BCUT2D eigenvalue weighted by Crippen LogP contribution is 2.34. The normalized spacial score (nSPS) is 10.9. The summed E-state index contributed by atoms with van der Waals surface area (Å²) in [6.07, 6.45) is 0. The van der Waals surface area contributed by atoms with Crippen LogP contribution in [-0.2, 0) is 13.6 Å². The Morgan fingerprint density at radius 1 is 1.53 bits per heavy atom. The average Bonchev–Trinajstić information content (AvgIpc) is 2.73. The zero-order valence-corrected chi connectivity index (χ0v) is 10.2. The van der Waals surface area contributed by atoms with Crippen LogP contribution in [0.2, 0.25) is 4.34 Å². The fraction of sp³-hybridized carbons (Fsp3) is 0.300. The number of aryl methyl sites for hydroxylation is 1. The van der Waals surface area contributed by atoms with Gasteiger partial charge in [0.1, 0.15) is 0 Å². The molecule has 0 saturated carbocycles. The Labute approximate surface area is 97.5 Å². The van der Waals surface area contributed by atoms with Gasteiger partial charge in [-0.05, 0) is 19.1 Å². The summed E-state index contributed by atoms with van der Waals surface area (Å²) in [5, 5.41) is 4.37. The molecule has 0 fully saturated rings. The number of aromatic nitrogens is 2. The van der Waals surface area contributed by atoms with E-state index in [0.29, 0.717) is 6.54 Å². The van der Waals surface area contributed by atoms with Crippen molar-refractivity contribution in [1.82, 2.24) is 9.78 Å². The zero-order valence-electron chi connectivity index (χ0n) is 8.62. The van der Waals surface area contributed by atoms with Crippen LogP contribution in [0.3, 0.4) is 0 Å². The maximum atomic E-state index is 5.93. The number of nitrogens with zero attached hydrogens (tertiary/aromatic N) is 2. The van der Waals surface area contributed by atoms with E-state index in [1.807, 2.05) is 30.8 Å². The fourth-order valence-corrected chi connectivity index (χ4v) is 2.75. The molecule has 0 bridgehead atoms. The molecule has 0 atom stereocenters. The van der Waals surface area contributed by atoms with E-state index < -0.39 is 0 Å². The van der Waals surface area contributed by atoms with E-state index in [9.17, 15) is 0 Å². The molecule has 0 amide bonds. The minimum atomic E-state index is 0.451. The Hall–Kier alpha value is -0.840. The van der Waals surface area contributed by atoms with E-state index in [4.69, 9.17) is 17.3 Å². The monoisotopic (exact) mass is 241 g/mol. The molecule has 0 spiro atoms. The van der Waals surface area contributed by atoms with Crippen molar-refractivity contribution in [3.05, 3.63) is 27.9 Å². The second kappa shape index (κ2) is 3.96. The maximum Gasteiger partial charge on any atom is 0.0934 e. The summed E-state index contributed by atoms with van der Waals surface area (Å²) in [6, 6.07) is 3.91. The lowest BCUT2D eigenvalue weighted by molar-refractivity contribution is 0.721. The molecule has 0 radical (unpaired) electrons. The van der Waals surface area contributed by atoms with Gasteiger partial charge >= 0.3 is 0 Å². The average molecular weight is 242 g/mol. The van der Waals surface area contributed by atoms with Crippen LogP contribution in [-0.4, -0.2) is 9.78 Å². The first-order valence-corrected chi connectivity index (χ1v) is 5.81. The molecular formula is C10H12ClN3S. The van der Waals surface area contributed by atoms with E-state index in [2.05, 4.69) is 5.10 Å². The van der Waals surface area contributed by atoms with Gasteiger partial charge in [0.25, 0.3) is 0 Å². The van der Waals surface area contributed by atoms with Gasteiger partial charge in [0.05, 0.1) is 10.0 Å². The highest BCUT2D eigenvalue weighted by molar-refractivity contribution is 7.19. The van der Waals surface area contributed by atoms with Crippen molar-refractivity contribution in [1.29, 1.82) is 0 Å². The molecule has 2 N–H and O–H groups in total. The van der Waals surface area contributed by atoms with E-state index in [-0.39, 0.29) is 0 Å². The molecule has 2 aromatic rings. The lowest BCUT2D eigenvalue weighted by atomic mass is 10.1. The first-order chi connectivity index (χ1) is 7.13. The minimum absolute atomic E-state index is 0.451. The van der Waals surface area contributed by atoms with Crippen molar-refractivity contribution in [2.45, 2.75) is 13.5 Å². The Morgan fingerprint density at radius 3 is 2.80 bits per heavy atom. The predicted molar refractivity (Wildman–Crippen MR) is 64.2 cm³/mol. The molecule has 2 heterocycles. The SMILES string of the molecule is Cc1c(-c2ccc(Cl)s2)c(CN)nn1C. The standard InChI is InChI=1S/C10H12ClN3S/c1-6-10(7(5-12)13-14(6)2)8-3-4-9(11)15-8/h3-4H,5,12H2,1-2H3. The Kier molecular flexibility index (Phi) is 2.82. The molecule has 0 aromatic carbocycles. The molecule has 2 rings (SSSR count). The van der Waals surface area contributed by atoms with Gasteiger partial charge in [0.15, 0.2) is 0 Å². The summed E-state index contributed by atoms with van der Waals surface area (Å²) in [4.78, 5) is 1.13. The summed E-state index contributed by atoms with van der Waals surface area (Å²) in [5.41, 5.74) is 8.84. The number of halogens is 1. The van der Waals surface area contributed by atoms with Gasteiger partial charge in [-0.25, -0.2) is 0 Å². The van der Waals surface area contributed by atoms with E-state index in [1.54, 1.807) is 11.3 Å². The number of rotatable bonds is 2. The van der Waals surface area contributed by atoms with Crippen LogP contribution in [0.1, 0.15) is 11.4 Å². The lowest BCUT2D eigenvalue weighted by Crippen LogP contribution is -1.99. The highest BCUT2D eigenvalue weighted by Gasteiger charge is 2.14. The summed E-state index contributed by atoms with van der Waals surface area (Å²) >= 11 is 7.48. The van der Waals surface area contributed by atoms with Gasteiger partial charge in [0.2, 0.25) is 0 Å². The van der Waals surface area contributed by atoms with Crippen LogP contribution < -0.4 is 5.73 Å². The summed E-state index contributed by atoms with van der Waals surface area (Å²) < 4.78 is 2.64. The van der Waals surface area contributed by atoms with Crippen molar-refractivity contribution in [3.8, 4) is 10.4 Å². The molecule has 0 aliphatic rings. The summed E-state index contributed by atoms with van der Waals surface area (Å²) in [6.45, 7) is 2.49. The molecule has 0 saturated heterocycles. The van der Waals surface area contributed by atoms with E-state index in [0.717, 1.165) is 26.2 Å². The van der Waals surface area contributed by atoms with Crippen LogP contribution in [0.4, 0.5) is 0 Å². The van der Waals surface area contributed by atoms with Crippen LogP contribution in [0, 0.1) is 6.92 Å². The third kappa shape index (κ3) is 1.80. The Morgan fingerprint density at radius 2 is 2.27 bits per heavy atom. The van der Waals surface area contributed by atoms with Crippen LogP contribution in [0.5, 0.6) is 0 Å². The van der Waals surface area contributed by atoms with Crippen molar-refractivity contribution >= 4 is 22.9 Å². The number of thiophene rings is 1. The van der Waals surface area contributed by atoms with Crippen LogP contribution in [0.15, 0.2) is 12.1 Å². The van der Waals surface area contributed by atoms with Gasteiger partial charge in [-0.1, -0.05) is 11.6 Å². The molecule has 0 aliphatic heterocycles. The second-order valence-electron chi connectivity index (χ2n) is 3.34. The Balaban J connectivity index is 2.60. The molecule has 0 unspecified atom stereocenters. The van der Waals surface area contributed by atoms with Crippen molar-refractivity contribution < 1.29 is 0 Å². The third-order valence-electron chi connectivity index (χ3n) is 2.42. The van der Waals surface area contributed by atoms with Gasteiger partial charge in [-0.3, -0.25) is 4.68 Å². The topological polar surface area (TPSA) is 43.8 Å². The lowest BCUT2D eigenvalue weighted by Gasteiger charge is -1.98. The van der Waals surface area contributed by atoms with Crippen LogP contribution >= 0.6 is 22.9 Å². The Bertz CT molecular complexity index is 487. The molecule has 15 heavy (non-hydrogen) atoms. The largest absolute Gasteiger partial charge is 0.325 e. The highest BCUT2D eigenvalue weighted by atomic mass is 35.5. The van der Waals surface area contributed by atoms with E-state index in [1.165, 1.54) is 0 Å². The van der Waals surface area contributed by atoms with Gasteiger partial charge in [-0.15, -0.1) is 11.3 Å². The van der Waals surface area contributed by atoms with Crippen molar-refractivity contribution in [2.75, 3.05) is 0 Å². The summed E-state index contributed by atoms with van der Waals surface area (Å²) in [7, 11) is 1.92. The molecule has 80 valence electrons. The smallest absolute Gasteiger partial charge is 0.0934 e. The fourth-order valence-electron chi connectivity index (χ4n) is 1.59. The maximum absolute atomic E-state index is 5.93. The molecule has 3 nitrogen and oxygen atoms in total. The quantitative estimate of drug-likeness (QED) is 0.878. The van der Waals surface area contributed by atoms with E-state index >= 15 is 0 Å². The van der Waals surface area contributed by atoms with Gasteiger partial charge < -0.3 is 5.73 Å². The molecular weight excluding hydrogens is 230 g/mol. The zero-order chi connectivity index (χ0) is 11.0. The predicted octanol–water partition coefficient (Wildman–Crippen LogP) is 2.57. The molecule has 2 aromatic heterocycles. The van der Waals surface area contributed by atoms with Crippen LogP contribution in [0.25, 0.3) is 10.4 Å². The first-order valence-electron chi connectivity index (χ1n) is 4.61. The van der Waals surface area contributed by atoms with Gasteiger partial charge in [0, 0.05) is 29.7 Å². The molecule has 5 heteroatoms. The minimum Gasteiger partial charge on any atom is -0.325 e. The number of hydrogen-bond donors (Lipinski definition) is 1. The first kappa shape index (κ1) is 10.7. The number of nitrogens with two attached hydrogens (primary N) is 1.